The summed E-state index contributed by atoms with van der Waals surface area (Å²) in [5, 5.41) is 16.5. The number of methoxy groups -OCH3 is 1. The van der Waals surface area contributed by atoms with E-state index in [1.807, 2.05) is 48.5 Å². The molecule has 2 aromatic heterocycles. The number of aromatic nitrogens is 2. The summed E-state index contributed by atoms with van der Waals surface area (Å²) in [6.07, 6.45) is -0.617. The third-order valence-electron chi connectivity index (χ3n) is 4.41. The second-order valence-electron chi connectivity index (χ2n) is 6.45. The number of aliphatic hydroxyl groups excluding tert-OH is 1. The fraction of sp³-hybridized carbons (Fsp3) is 0.182. The Morgan fingerprint density at radius 1 is 1.00 bits per heavy atom. The van der Waals surface area contributed by atoms with Gasteiger partial charge in [0, 0.05) is 30.2 Å². The molecular weight excluding hydrogens is 370 g/mol. The van der Waals surface area contributed by atoms with E-state index in [0.29, 0.717) is 12.4 Å². The van der Waals surface area contributed by atoms with Crippen LogP contribution in [-0.2, 0) is 4.74 Å². The van der Waals surface area contributed by atoms with Gasteiger partial charge in [-0.3, -0.25) is 0 Å². The Balaban J connectivity index is 1.81. The van der Waals surface area contributed by atoms with E-state index < -0.39 is 6.10 Å². The van der Waals surface area contributed by atoms with Gasteiger partial charge in [-0.25, -0.2) is 9.97 Å². The van der Waals surface area contributed by atoms with Crippen molar-refractivity contribution in [1.82, 2.24) is 9.97 Å². The normalized spacial score (nSPS) is 12.2. The molecule has 4 rings (SSSR count). The van der Waals surface area contributed by atoms with Gasteiger partial charge >= 0.3 is 0 Å². The second kappa shape index (κ2) is 8.48. The van der Waals surface area contributed by atoms with E-state index in [1.54, 1.807) is 18.4 Å². The van der Waals surface area contributed by atoms with Crippen LogP contribution in [0.3, 0.4) is 0 Å². The maximum absolute atomic E-state index is 10.1. The van der Waals surface area contributed by atoms with E-state index in [1.165, 1.54) is 0 Å². The highest BCUT2D eigenvalue weighted by Gasteiger charge is 2.17. The van der Waals surface area contributed by atoms with Crippen molar-refractivity contribution in [2.24, 2.45) is 0 Å². The predicted molar refractivity (Wildman–Crippen MR) is 115 cm³/mol. The molecule has 5 nitrogen and oxygen atoms in total. The number of hydrogen-bond donors (Lipinski definition) is 2. The van der Waals surface area contributed by atoms with Gasteiger partial charge in [0.1, 0.15) is 10.6 Å². The van der Waals surface area contributed by atoms with Crippen LogP contribution in [0.5, 0.6) is 0 Å². The van der Waals surface area contributed by atoms with Crippen LogP contribution in [-0.4, -0.2) is 41.4 Å². The molecule has 28 heavy (non-hydrogen) atoms. The summed E-state index contributed by atoms with van der Waals surface area (Å²) in [5.41, 5.74) is 3.16. The number of thiophene rings is 1. The molecule has 1 unspecified atom stereocenters. The molecular formula is C22H21N3O2S. The zero-order chi connectivity index (χ0) is 19.3. The zero-order valence-corrected chi connectivity index (χ0v) is 16.3. The molecule has 2 aromatic carbocycles. The van der Waals surface area contributed by atoms with Crippen LogP contribution >= 0.6 is 11.3 Å². The Kier molecular flexibility index (Phi) is 5.62. The first-order valence-electron chi connectivity index (χ1n) is 9.07. The minimum Gasteiger partial charge on any atom is -0.389 e. The van der Waals surface area contributed by atoms with Crippen LogP contribution in [0.2, 0.25) is 0 Å². The maximum Gasteiger partial charge on any atom is 0.163 e. The number of nitrogens with zero attached hydrogens (tertiary/aromatic N) is 2. The predicted octanol–water partition coefficient (Wildman–Crippen LogP) is 4.44. The van der Waals surface area contributed by atoms with E-state index in [2.05, 4.69) is 22.8 Å². The second-order valence-corrected chi connectivity index (χ2v) is 7.31. The smallest absolute Gasteiger partial charge is 0.163 e. The third-order valence-corrected chi connectivity index (χ3v) is 5.29. The Morgan fingerprint density at radius 3 is 2.36 bits per heavy atom. The lowest BCUT2D eigenvalue weighted by atomic mass is 10.1. The van der Waals surface area contributed by atoms with Crippen LogP contribution in [0, 0.1) is 0 Å². The molecule has 0 bridgehead atoms. The van der Waals surface area contributed by atoms with Crippen LogP contribution < -0.4 is 5.32 Å². The van der Waals surface area contributed by atoms with Crippen LogP contribution in [0.4, 0.5) is 5.82 Å². The van der Waals surface area contributed by atoms with Crippen molar-refractivity contribution in [3.63, 3.8) is 0 Å². The van der Waals surface area contributed by atoms with Gasteiger partial charge in [-0.1, -0.05) is 60.7 Å². The van der Waals surface area contributed by atoms with Crippen molar-refractivity contribution in [2.45, 2.75) is 6.10 Å². The van der Waals surface area contributed by atoms with Gasteiger partial charge in [0.05, 0.1) is 18.1 Å². The molecule has 4 aromatic rings. The molecule has 1 atom stereocenters. The lowest BCUT2D eigenvalue weighted by Gasteiger charge is -2.14. The van der Waals surface area contributed by atoms with Crippen molar-refractivity contribution >= 4 is 27.4 Å². The number of anilines is 1. The summed E-state index contributed by atoms with van der Waals surface area (Å²) >= 11 is 1.60. The lowest BCUT2D eigenvalue weighted by Crippen LogP contribution is -2.24. The maximum atomic E-state index is 10.1. The average Bonchev–Trinajstić information content (AvgIpc) is 3.18. The van der Waals surface area contributed by atoms with Gasteiger partial charge in [0.25, 0.3) is 0 Å². The molecule has 2 heterocycles. The Hall–Kier alpha value is -2.80. The summed E-state index contributed by atoms with van der Waals surface area (Å²) in [6, 6.07) is 20.1. The number of rotatable bonds is 7. The summed E-state index contributed by atoms with van der Waals surface area (Å²) in [4.78, 5) is 10.5. The number of nitrogens with one attached hydrogen (secondary N) is 1. The minimum atomic E-state index is -0.617. The quantitative estimate of drug-likeness (QED) is 0.487. The standard InChI is InChI=1S/C22H21N3O2S/c1-27-13-17(26)12-23-21-19-18(15-8-4-2-5-9-15)14-28-22(19)25-20(24-21)16-10-6-3-7-11-16/h2-11,14,17,26H,12-13H2,1H3,(H,23,24,25). The number of ether oxygens (including phenoxy) is 1. The summed E-state index contributed by atoms with van der Waals surface area (Å²) in [7, 11) is 1.58. The van der Waals surface area contributed by atoms with Crippen molar-refractivity contribution in [3.8, 4) is 22.5 Å². The first-order valence-corrected chi connectivity index (χ1v) is 9.95. The van der Waals surface area contributed by atoms with Gasteiger partial charge in [-0.2, -0.15) is 0 Å². The highest BCUT2D eigenvalue weighted by molar-refractivity contribution is 7.17. The number of fused-ring (bicyclic) bond motifs is 1. The topological polar surface area (TPSA) is 67.3 Å². The fourth-order valence-corrected chi connectivity index (χ4v) is 4.03. The molecule has 0 aliphatic rings. The number of benzene rings is 2. The molecule has 0 aliphatic heterocycles. The molecule has 0 saturated carbocycles. The van der Waals surface area contributed by atoms with E-state index in [4.69, 9.17) is 14.7 Å². The number of hydrogen-bond acceptors (Lipinski definition) is 6. The van der Waals surface area contributed by atoms with Gasteiger partial charge in [-0.05, 0) is 5.56 Å². The largest absolute Gasteiger partial charge is 0.389 e. The molecule has 0 aliphatic carbocycles. The molecule has 0 amide bonds. The van der Waals surface area contributed by atoms with E-state index in [-0.39, 0.29) is 6.61 Å². The average molecular weight is 391 g/mol. The number of aliphatic hydroxyl groups is 1. The molecule has 0 radical (unpaired) electrons. The van der Waals surface area contributed by atoms with Gasteiger partial charge in [0.2, 0.25) is 0 Å². The van der Waals surface area contributed by atoms with Crippen molar-refractivity contribution in [3.05, 3.63) is 66.0 Å². The first-order chi connectivity index (χ1) is 13.8. The van der Waals surface area contributed by atoms with Gasteiger partial charge < -0.3 is 15.2 Å². The Labute approximate surface area is 167 Å². The van der Waals surface area contributed by atoms with Crippen LogP contribution in [0.25, 0.3) is 32.7 Å². The SMILES string of the molecule is COCC(O)CNc1nc(-c2ccccc2)nc2scc(-c3ccccc3)c12. The molecule has 0 saturated heterocycles. The van der Waals surface area contributed by atoms with Crippen LogP contribution in [0.1, 0.15) is 0 Å². The third kappa shape index (κ3) is 3.89. The Morgan fingerprint density at radius 2 is 1.68 bits per heavy atom. The Bertz CT molecular complexity index is 1050. The van der Waals surface area contributed by atoms with Crippen molar-refractivity contribution < 1.29 is 9.84 Å². The summed E-state index contributed by atoms with van der Waals surface area (Å²) in [6.45, 7) is 0.611. The molecule has 2 N–H and O–H groups in total. The highest BCUT2D eigenvalue weighted by atomic mass is 32.1. The van der Waals surface area contributed by atoms with Crippen molar-refractivity contribution in [2.75, 3.05) is 25.6 Å². The fourth-order valence-electron chi connectivity index (χ4n) is 3.08. The molecule has 0 spiro atoms. The summed E-state index contributed by atoms with van der Waals surface area (Å²) in [5.74, 6) is 1.39. The molecule has 6 heteroatoms. The van der Waals surface area contributed by atoms with E-state index >= 15 is 0 Å². The summed E-state index contributed by atoms with van der Waals surface area (Å²) < 4.78 is 5.03. The minimum absolute atomic E-state index is 0.266. The van der Waals surface area contributed by atoms with Crippen molar-refractivity contribution in [1.29, 1.82) is 0 Å². The van der Waals surface area contributed by atoms with E-state index in [9.17, 15) is 5.11 Å². The monoisotopic (exact) mass is 391 g/mol. The van der Waals surface area contributed by atoms with E-state index in [0.717, 1.165) is 32.7 Å². The van der Waals surface area contributed by atoms with Gasteiger partial charge in [0.15, 0.2) is 5.82 Å². The molecule has 0 fully saturated rings. The van der Waals surface area contributed by atoms with Crippen LogP contribution in [0.15, 0.2) is 66.0 Å². The first kappa shape index (κ1) is 18.6. The molecule has 142 valence electrons. The lowest BCUT2D eigenvalue weighted by molar-refractivity contribution is 0.0727. The highest BCUT2D eigenvalue weighted by Crippen LogP contribution is 2.38. The zero-order valence-electron chi connectivity index (χ0n) is 15.5. The van der Waals surface area contributed by atoms with Gasteiger partial charge in [-0.15, -0.1) is 11.3 Å².